The number of likely N-dealkylation sites (tertiary alicyclic amines) is 2. The van der Waals surface area contributed by atoms with Crippen molar-refractivity contribution in [3.63, 3.8) is 0 Å². The summed E-state index contributed by atoms with van der Waals surface area (Å²) in [5.41, 5.74) is 0.326. The summed E-state index contributed by atoms with van der Waals surface area (Å²) in [7, 11) is 0. The summed E-state index contributed by atoms with van der Waals surface area (Å²) in [4.78, 5) is 28.5. The van der Waals surface area contributed by atoms with Gasteiger partial charge in [-0.3, -0.25) is 9.59 Å². The van der Waals surface area contributed by atoms with Crippen LogP contribution in [0.1, 0.15) is 51.4 Å². The van der Waals surface area contributed by atoms with Crippen LogP contribution in [0, 0.1) is 5.41 Å². The second-order valence-electron chi connectivity index (χ2n) is 7.29. The van der Waals surface area contributed by atoms with Crippen LogP contribution in [0.3, 0.4) is 0 Å². The highest BCUT2D eigenvalue weighted by atomic mass is 16.2. The van der Waals surface area contributed by atoms with E-state index in [0.717, 1.165) is 58.4 Å². The number of amides is 2. The molecule has 0 unspecified atom stereocenters. The lowest BCUT2D eigenvalue weighted by Gasteiger charge is -2.40. The van der Waals surface area contributed by atoms with Gasteiger partial charge in [0.05, 0.1) is 0 Å². The minimum absolute atomic E-state index is 0.236. The fraction of sp³-hybridized carbons (Fsp3) is 0.882. The van der Waals surface area contributed by atoms with E-state index >= 15 is 0 Å². The molecule has 0 saturated carbocycles. The predicted octanol–water partition coefficient (Wildman–Crippen LogP) is 1.38. The summed E-state index contributed by atoms with van der Waals surface area (Å²) in [5.74, 6) is 0.475. The number of nitrogens with zero attached hydrogens (tertiary/aromatic N) is 2. The first-order valence-electron chi connectivity index (χ1n) is 8.95. The van der Waals surface area contributed by atoms with Crippen LogP contribution >= 0.6 is 0 Å². The fourth-order valence-electron chi connectivity index (χ4n) is 4.23. The van der Waals surface area contributed by atoms with E-state index in [4.69, 9.17) is 0 Å². The Morgan fingerprint density at radius 3 is 2.86 bits per heavy atom. The lowest BCUT2D eigenvalue weighted by atomic mass is 9.79. The van der Waals surface area contributed by atoms with Gasteiger partial charge in [0.1, 0.15) is 0 Å². The Bertz CT molecular complexity index is 418. The molecule has 3 heterocycles. The van der Waals surface area contributed by atoms with Crippen LogP contribution in [0.4, 0.5) is 0 Å². The highest BCUT2D eigenvalue weighted by Crippen LogP contribution is 2.35. The summed E-state index contributed by atoms with van der Waals surface area (Å²) in [6, 6.07) is 0. The molecule has 3 rings (SSSR count). The van der Waals surface area contributed by atoms with Gasteiger partial charge in [-0.15, -0.1) is 0 Å². The van der Waals surface area contributed by atoms with E-state index in [9.17, 15) is 9.59 Å². The third-order valence-corrected chi connectivity index (χ3v) is 5.61. The second kappa shape index (κ2) is 6.99. The van der Waals surface area contributed by atoms with Gasteiger partial charge >= 0.3 is 0 Å². The number of nitrogens with one attached hydrogen (secondary N) is 1. The summed E-state index contributed by atoms with van der Waals surface area (Å²) < 4.78 is 0. The van der Waals surface area contributed by atoms with Crippen molar-refractivity contribution >= 4 is 11.8 Å². The first-order valence-corrected chi connectivity index (χ1v) is 8.95. The molecule has 22 heavy (non-hydrogen) atoms. The summed E-state index contributed by atoms with van der Waals surface area (Å²) in [6.07, 6.45) is 7.94. The lowest BCUT2D eigenvalue weighted by molar-refractivity contribution is -0.136. The zero-order chi connectivity index (χ0) is 15.4. The van der Waals surface area contributed by atoms with Crippen molar-refractivity contribution in [2.75, 3.05) is 39.3 Å². The maximum atomic E-state index is 12.5. The summed E-state index contributed by atoms with van der Waals surface area (Å²) in [6.45, 7) is 5.40. The molecule has 0 bridgehead atoms. The molecule has 1 N–H and O–H groups in total. The van der Waals surface area contributed by atoms with Gasteiger partial charge in [-0.2, -0.15) is 0 Å². The molecule has 3 aliphatic heterocycles. The molecule has 3 fully saturated rings. The molecule has 0 aromatic carbocycles. The van der Waals surface area contributed by atoms with Gasteiger partial charge in [-0.1, -0.05) is 6.42 Å². The first kappa shape index (κ1) is 15.8. The summed E-state index contributed by atoms with van der Waals surface area (Å²) >= 11 is 0. The molecule has 5 nitrogen and oxygen atoms in total. The number of hydrogen-bond acceptors (Lipinski definition) is 3. The predicted molar refractivity (Wildman–Crippen MR) is 85.4 cm³/mol. The van der Waals surface area contributed by atoms with Crippen molar-refractivity contribution in [2.45, 2.75) is 51.4 Å². The van der Waals surface area contributed by atoms with Gasteiger partial charge < -0.3 is 15.1 Å². The number of hydrogen-bond donors (Lipinski definition) is 1. The van der Waals surface area contributed by atoms with Gasteiger partial charge in [0.25, 0.3) is 0 Å². The molecule has 1 spiro atoms. The molecule has 3 saturated heterocycles. The van der Waals surface area contributed by atoms with Crippen LogP contribution in [-0.4, -0.2) is 60.9 Å². The molecule has 124 valence electrons. The summed E-state index contributed by atoms with van der Waals surface area (Å²) in [5, 5.41) is 3.45. The van der Waals surface area contributed by atoms with Crippen LogP contribution in [0.15, 0.2) is 0 Å². The van der Waals surface area contributed by atoms with Crippen LogP contribution in [-0.2, 0) is 9.59 Å². The molecule has 0 aromatic heterocycles. The van der Waals surface area contributed by atoms with Crippen LogP contribution in [0.25, 0.3) is 0 Å². The largest absolute Gasteiger partial charge is 0.342 e. The van der Waals surface area contributed by atoms with Crippen LogP contribution in [0.2, 0.25) is 0 Å². The molecule has 0 aromatic rings. The van der Waals surface area contributed by atoms with Crippen LogP contribution < -0.4 is 5.32 Å². The standard InChI is InChI=1S/C17H29N3O2/c21-15-5-2-1-3-10-19(15)12-6-16(22)20-11-4-7-17(14-20)8-9-18-13-17/h18H,1-14H2/t17-/m0/s1. The SMILES string of the molecule is O=C1CCCCCN1CCC(=O)N1CCC[C@@]2(CCNC2)C1. The molecular weight excluding hydrogens is 278 g/mol. The normalized spacial score (nSPS) is 29.9. The fourth-order valence-corrected chi connectivity index (χ4v) is 4.23. The Kier molecular flexibility index (Phi) is 5.01. The van der Waals surface area contributed by atoms with E-state index in [-0.39, 0.29) is 11.8 Å². The Balaban J connectivity index is 1.49. The van der Waals surface area contributed by atoms with Crippen LogP contribution in [0.5, 0.6) is 0 Å². The molecular formula is C17H29N3O2. The number of carbonyl (C=O) groups excluding carboxylic acids is 2. The third kappa shape index (κ3) is 3.62. The van der Waals surface area contributed by atoms with Gasteiger partial charge in [-0.25, -0.2) is 0 Å². The third-order valence-electron chi connectivity index (χ3n) is 5.61. The molecule has 0 aliphatic carbocycles. The van der Waals surface area contributed by atoms with Gasteiger partial charge in [-0.05, 0) is 38.6 Å². The van der Waals surface area contributed by atoms with E-state index in [1.54, 1.807) is 0 Å². The quantitative estimate of drug-likeness (QED) is 0.857. The van der Waals surface area contributed by atoms with E-state index in [1.165, 1.54) is 12.8 Å². The van der Waals surface area contributed by atoms with Crippen molar-refractivity contribution in [1.82, 2.24) is 15.1 Å². The second-order valence-corrected chi connectivity index (χ2v) is 7.29. The molecule has 1 atom stereocenters. The first-order chi connectivity index (χ1) is 10.7. The topological polar surface area (TPSA) is 52.7 Å². The molecule has 0 radical (unpaired) electrons. The minimum Gasteiger partial charge on any atom is -0.342 e. The smallest absolute Gasteiger partial charge is 0.224 e. The van der Waals surface area contributed by atoms with E-state index in [1.807, 2.05) is 4.90 Å². The number of rotatable bonds is 3. The van der Waals surface area contributed by atoms with E-state index in [2.05, 4.69) is 10.2 Å². The average molecular weight is 307 g/mol. The minimum atomic E-state index is 0.236. The molecule has 5 heteroatoms. The van der Waals surface area contributed by atoms with Crippen molar-refractivity contribution in [1.29, 1.82) is 0 Å². The van der Waals surface area contributed by atoms with Gasteiger partial charge in [0.2, 0.25) is 11.8 Å². The van der Waals surface area contributed by atoms with Gasteiger partial charge in [0.15, 0.2) is 0 Å². The van der Waals surface area contributed by atoms with Crippen molar-refractivity contribution < 1.29 is 9.59 Å². The number of piperidine rings is 1. The average Bonchev–Trinajstić information content (AvgIpc) is 2.86. The van der Waals surface area contributed by atoms with E-state index in [0.29, 0.717) is 24.8 Å². The lowest BCUT2D eigenvalue weighted by Crippen LogP contribution is -2.47. The van der Waals surface area contributed by atoms with Gasteiger partial charge in [0, 0.05) is 51.0 Å². The maximum absolute atomic E-state index is 12.5. The highest BCUT2D eigenvalue weighted by molar-refractivity contribution is 5.79. The Hall–Kier alpha value is -1.10. The molecule has 2 amide bonds. The zero-order valence-electron chi connectivity index (χ0n) is 13.6. The molecule has 3 aliphatic rings. The van der Waals surface area contributed by atoms with E-state index < -0.39 is 0 Å². The Labute approximate surface area is 133 Å². The Morgan fingerprint density at radius 2 is 2.05 bits per heavy atom. The number of carbonyl (C=O) groups is 2. The Morgan fingerprint density at radius 1 is 1.14 bits per heavy atom. The monoisotopic (exact) mass is 307 g/mol. The zero-order valence-corrected chi connectivity index (χ0v) is 13.6. The van der Waals surface area contributed by atoms with Crippen molar-refractivity contribution in [2.24, 2.45) is 5.41 Å². The van der Waals surface area contributed by atoms with Crippen molar-refractivity contribution in [3.8, 4) is 0 Å². The highest BCUT2D eigenvalue weighted by Gasteiger charge is 2.39. The maximum Gasteiger partial charge on any atom is 0.224 e. The van der Waals surface area contributed by atoms with Crippen molar-refractivity contribution in [3.05, 3.63) is 0 Å².